The van der Waals surface area contributed by atoms with Gasteiger partial charge in [0.2, 0.25) is 0 Å². The first-order valence-corrected chi connectivity index (χ1v) is 8.81. The number of hydrogen-bond donors (Lipinski definition) is 1. The lowest BCUT2D eigenvalue weighted by Crippen LogP contribution is -2.26. The lowest BCUT2D eigenvalue weighted by molar-refractivity contribution is -0.150. The molecule has 24 heavy (non-hydrogen) atoms. The molecule has 0 radical (unpaired) electrons. The lowest BCUT2D eigenvalue weighted by Gasteiger charge is -2.22. The fraction of sp³-hybridized carbons (Fsp3) is 0.500. The molecule has 0 aliphatic carbocycles. The van der Waals surface area contributed by atoms with Gasteiger partial charge in [-0.15, -0.1) is 0 Å². The topological polar surface area (TPSA) is 55.6 Å². The van der Waals surface area contributed by atoms with Crippen LogP contribution in [0.4, 0.5) is 0 Å². The van der Waals surface area contributed by atoms with Crippen molar-refractivity contribution < 1.29 is 9.53 Å². The molecule has 0 aromatic heterocycles. The third-order valence-corrected chi connectivity index (χ3v) is 4.30. The van der Waals surface area contributed by atoms with E-state index in [0.717, 1.165) is 18.5 Å². The predicted octanol–water partition coefficient (Wildman–Crippen LogP) is 3.97. The van der Waals surface area contributed by atoms with E-state index in [0.29, 0.717) is 28.7 Å². The van der Waals surface area contributed by atoms with Crippen molar-refractivity contribution in [1.29, 1.82) is 0 Å². The van der Waals surface area contributed by atoms with E-state index >= 15 is 0 Å². The fourth-order valence-electron chi connectivity index (χ4n) is 2.70. The highest BCUT2D eigenvalue weighted by Gasteiger charge is 2.34. The second-order valence-corrected chi connectivity index (χ2v) is 7.79. The van der Waals surface area contributed by atoms with Gasteiger partial charge in [-0.2, -0.15) is 0 Å². The van der Waals surface area contributed by atoms with E-state index in [1.807, 2.05) is 33.0 Å². The zero-order valence-corrected chi connectivity index (χ0v) is 15.8. The molecular formula is C18H24Cl2N2O2. The molecule has 1 heterocycles. The molecule has 0 spiro atoms. The van der Waals surface area contributed by atoms with Crippen molar-refractivity contribution in [2.24, 2.45) is 5.73 Å². The van der Waals surface area contributed by atoms with Crippen molar-refractivity contribution in [1.82, 2.24) is 4.90 Å². The van der Waals surface area contributed by atoms with E-state index in [4.69, 9.17) is 33.7 Å². The SMILES string of the molecule is CC(C)(C)OC(=O)C1=CN(CCCN)CC1c1ccc(Cl)cc1Cl. The lowest BCUT2D eigenvalue weighted by atomic mass is 9.93. The first-order chi connectivity index (χ1) is 11.2. The Balaban J connectivity index is 2.30. The van der Waals surface area contributed by atoms with Crippen molar-refractivity contribution in [2.45, 2.75) is 38.7 Å². The summed E-state index contributed by atoms with van der Waals surface area (Å²) in [4.78, 5) is 14.7. The van der Waals surface area contributed by atoms with E-state index in [1.165, 1.54) is 0 Å². The Morgan fingerprint density at radius 2 is 2.08 bits per heavy atom. The van der Waals surface area contributed by atoms with Crippen LogP contribution in [0.1, 0.15) is 38.7 Å². The summed E-state index contributed by atoms with van der Waals surface area (Å²) in [6, 6.07) is 5.37. The predicted molar refractivity (Wildman–Crippen MR) is 98.4 cm³/mol. The average molecular weight is 371 g/mol. The van der Waals surface area contributed by atoms with Crippen molar-refractivity contribution >= 4 is 29.2 Å². The van der Waals surface area contributed by atoms with Crippen LogP contribution >= 0.6 is 23.2 Å². The van der Waals surface area contributed by atoms with Crippen LogP contribution in [0.25, 0.3) is 0 Å². The van der Waals surface area contributed by atoms with Crippen LogP contribution in [0.15, 0.2) is 30.0 Å². The molecule has 1 unspecified atom stereocenters. The van der Waals surface area contributed by atoms with Crippen LogP contribution < -0.4 is 5.73 Å². The third-order valence-electron chi connectivity index (χ3n) is 3.74. The number of nitrogens with zero attached hydrogens (tertiary/aromatic N) is 1. The molecule has 1 aliphatic heterocycles. The number of nitrogens with two attached hydrogens (primary N) is 1. The van der Waals surface area contributed by atoms with Crippen LogP contribution in [0.2, 0.25) is 10.0 Å². The highest BCUT2D eigenvalue weighted by atomic mass is 35.5. The Hall–Kier alpha value is -1.23. The second-order valence-electron chi connectivity index (χ2n) is 6.94. The Morgan fingerprint density at radius 1 is 1.38 bits per heavy atom. The Morgan fingerprint density at radius 3 is 2.67 bits per heavy atom. The molecule has 0 bridgehead atoms. The monoisotopic (exact) mass is 370 g/mol. The molecule has 0 fully saturated rings. The molecule has 1 aliphatic rings. The van der Waals surface area contributed by atoms with Crippen molar-refractivity contribution in [2.75, 3.05) is 19.6 Å². The van der Waals surface area contributed by atoms with Gasteiger partial charge in [0.1, 0.15) is 5.60 Å². The highest BCUT2D eigenvalue weighted by Crippen LogP contribution is 2.37. The van der Waals surface area contributed by atoms with Gasteiger partial charge in [0.25, 0.3) is 0 Å². The Kier molecular flexibility index (Phi) is 6.18. The summed E-state index contributed by atoms with van der Waals surface area (Å²) < 4.78 is 5.56. The van der Waals surface area contributed by atoms with E-state index in [1.54, 1.807) is 12.1 Å². The van der Waals surface area contributed by atoms with Gasteiger partial charge < -0.3 is 15.4 Å². The summed E-state index contributed by atoms with van der Waals surface area (Å²) >= 11 is 12.4. The molecule has 1 atom stereocenters. The Labute approximate surface area is 153 Å². The summed E-state index contributed by atoms with van der Waals surface area (Å²) in [5.74, 6) is -0.448. The van der Waals surface area contributed by atoms with Crippen molar-refractivity contribution in [3.63, 3.8) is 0 Å². The van der Waals surface area contributed by atoms with Crippen LogP contribution in [0.5, 0.6) is 0 Å². The van der Waals surface area contributed by atoms with Gasteiger partial charge >= 0.3 is 5.97 Å². The molecular weight excluding hydrogens is 347 g/mol. The Bertz CT molecular complexity index is 638. The minimum absolute atomic E-state index is 0.137. The summed E-state index contributed by atoms with van der Waals surface area (Å²) in [6.07, 6.45) is 2.73. The van der Waals surface area contributed by atoms with E-state index in [-0.39, 0.29) is 11.9 Å². The van der Waals surface area contributed by atoms with Gasteiger partial charge in [-0.1, -0.05) is 29.3 Å². The molecule has 1 aromatic carbocycles. The smallest absolute Gasteiger partial charge is 0.336 e. The van der Waals surface area contributed by atoms with Crippen LogP contribution in [0.3, 0.4) is 0 Å². The molecule has 1 aromatic rings. The number of carbonyl (C=O) groups is 1. The number of halogens is 2. The van der Waals surface area contributed by atoms with Crippen LogP contribution in [-0.4, -0.2) is 36.1 Å². The van der Waals surface area contributed by atoms with E-state index in [2.05, 4.69) is 4.90 Å². The van der Waals surface area contributed by atoms with E-state index in [9.17, 15) is 4.79 Å². The zero-order valence-electron chi connectivity index (χ0n) is 14.3. The first kappa shape index (κ1) is 19.1. The number of esters is 1. The third kappa shape index (κ3) is 4.88. The van der Waals surface area contributed by atoms with Crippen molar-refractivity contribution in [3.8, 4) is 0 Å². The molecule has 6 heteroatoms. The maximum absolute atomic E-state index is 12.6. The van der Waals surface area contributed by atoms with Gasteiger partial charge in [-0.25, -0.2) is 4.79 Å². The maximum atomic E-state index is 12.6. The zero-order chi connectivity index (χ0) is 17.9. The van der Waals surface area contributed by atoms with Gasteiger partial charge in [-0.3, -0.25) is 0 Å². The summed E-state index contributed by atoms with van der Waals surface area (Å²) in [5.41, 5.74) is 6.55. The van der Waals surface area contributed by atoms with Crippen LogP contribution in [-0.2, 0) is 9.53 Å². The molecule has 2 rings (SSSR count). The largest absolute Gasteiger partial charge is 0.457 e. The molecule has 2 N–H and O–H groups in total. The molecule has 0 saturated heterocycles. The molecule has 0 amide bonds. The number of ether oxygens (including phenoxy) is 1. The summed E-state index contributed by atoms with van der Waals surface area (Å²) in [6.45, 7) is 7.66. The number of carbonyl (C=O) groups excluding carboxylic acids is 1. The summed E-state index contributed by atoms with van der Waals surface area (Å²) in [5, 5.41) is 1.13. The number of benzene rings is 1. The number of rotatable bonds is 5. The van der Waals surface area contributed by atoms with Crippen molar-refractivity contribution in [3.05, 3.63) is 45.6 Å². The standard InChI is InChI=1S/C18H24Cl2N2O2/c1-18(2,3)24-17(23)15-11-22(8-4-7-21)10-14(15)13-6-5-12(19)9-16(13)20/h5-6,9,11,14H,4,7-8,10,21H2,1-3H3. The minimum atomic E-state index is -0.545. The number of hydrogen-bond acceptors (Lipinski definition) is 4. The van der Waals surface area contributed by atoms with Gasteiger partial charge in [0.05, 0.1) is 5.57 Å². The fourth-order valence-corrected chi connectivity index (χ4v) is 3.24. The van der Waals surface area contributed by atoms with Gasteiger partial charge in [0, 0.05) is 35.3 Å². The summed E-state index contributed by atoms with van der Waals surface area (Å²) in [7, 11) is 0. The van der Waals surface area contributed by atoms with E-state index < -0.39 is 5.60 Å². The molecule has 132 valence electrons. The van der Waals surface area contributed by atoms with Crippen LogP contribution in [0, 0.1) is 0 Å². The van der Waals surface area contributed by atoms with Gasteiger partial charge in [-0.05, 0) is 51.4 Å². The average Bonchev–Trinajstić information content (AvgIpc) is 2.87. The second kappa shape index (κ2) is 7.77. The highest BCUT2D eigenvalue weighted by molar-refractivity contribution is 6.35. The molecule has 4 nitrogen and oxygen atoms in total. The van der Waals surface area contributed by atoms with Gasteiger partial charge in [0.15, 0.2) is 0 Å². The normalized spacial score (nSPS) is 17.8. The maximum Gasteiger partial charge on any atom is 0.336 e. The minimum Gasteiger partial charge on any atom is -0.457 e. The first-order valence-electron chi connectivity index (χ1n) is 8.05. The molecule has 0 saturated carbocycles. The quantitative estimate of drug-likeness (QED) is 0.796.